The minimum atomic E-state index is -0.946. The van der Waals surface area contributed by atoms with E-state index in [-0.39, 0.29) is 12.2 Å². The number of thiophene rings is 1. The Labute approximate surface area is 170 Å². The number of aliphatic carboxylic acids is 1. The maximum Gasteiger partial charge on any atom is 0.305 e. The van der Waals surface area contributed by atoms with Crippen LogP contribution in [0.25, 0.3) is 0 Å². The van der Waals surface area contributed by atoms with Crippen LogP contribution in [0.5, 0.6) is 0 Å². The summed E-state index contributed by atoms with van der Waals surface area (Å²) in [5.41, 5.74) is 0. The number of carboxylic acid groups (broad SMARTS) is 1. The van der Waals surface area contributed by atoms with Crippen molar-refractivity contribution >= 4 is 23.2 Å². The van der Waals surface area contributed by atoms with Gasteiger partial charge < -0.3 is 14.8 Å². The fraction of sp³-hybridized carbons (Fsp3) is 0.455. The molecule has 0 aromatic carbocycles. The van der Waals surface area contributed by atoms with Crippen LogP contribution in [0.15, 0.2) is 28.7 Å². The highest BCUT2D eigenvalue weighted by molar-refractivity contribution is 7.12. The van der Waals surface area contributed by atoms with Crippen molar-refractivity contribution in [3.63, 3.8) is 0 Å². The van der Waals surface area contributed by atoms with Gasteiger partial charge in [0.05, 0.1) is 11.3 Å². The van der Waals surface area contributed by atoms with Crippen LogP contribution in [-0.4, -0.2) is 23.0 Å². The molecule has 150 valence electrons. The molecule has 0 aliphatic heterocycles. The molecule has 0 bridgehead atoms. The summed E-state index contributed by atoms with van der Waals surface area (Å²) in [4.78, 5) is 25.3. The van der Waals surface area contributed by atoms with Crippen LogP contribution >= 0.6 is 11.3 Å². The molecule has 0 radical (unpaired) electrons. The van der Waals surface area contributed by atoms with Gasteiger partial charge >= 0.3 is 5.97 Å². The van der Waals surface area contributed by atoms with Crippen LogP contribution in [0.4, 0.5) is 0 Å². The molecule has 0 aliphatic rings. The van der Waals surface area contributed by atoms with Crippen LogP contribution in [0.3, 0.4) is 0 Å². The zero-order chi connectivity index (χ0) is 20.4. The number of furan rings is 1. The summed E-state index contributed by atoms with van der Waals surface area (Å²) in [6.07, 6.45) is 6.49. The maximum atomic E-state index is 12.2. The third-order valence-electron chi connectivity index (χ3n) is 4.33. The number of carboxylic acids is 1. The molecule has 0 spiro atoms. The van der Waals surface area contributed by atoms with Gasteiger partial charge in [0.1, 0.15) is 0 Å². The van der Waals surface area contributed by atoms with Gasteiger partial charge in [-0.25, -0.2) is 0 Å². The normalized spacial score (nSPS) is 11.5. The number of amides is 1. The lowest BCUT2D eigenvalue weighted by atomic mass is 10.1. The van der Waals surface area contributed by atoms with Crippen molar-refractivity contribution in [2.45, 2.75) is 64.8 Å². The Bertz CT molecular complexity index is 840. The number of unbranched alkanes of at least 4 members (excludes halogenated alkanes) is 3. The van der Waals surface area contributed by atoms with Gasteiger partial charge in [0.25, 0.3) is 5.91 Å². The summed E-state index contributed by atoms with van der Waals surface area (Å²) in [6, 6.07) is 6.92. The van der Waals surface area contributed by atoms with Crippen LogP contribution in [0, 0.1) is 11.8 Å². The molecule has 2 rings (SSSR count). The van der Waals surface area contributed by atoms with Gasteiger partial charge in [-0.15, -0.1) is 11.3 Å². The molecule has 5 nitrogen and oxygen atoms in total. The lowest BCUT2D eigenvalue weighted by molar-refractivity contribution is -0.137. The van der Waals surface area contributed by atoms with Gasteiger partial charge in [0, 0.05) is 10.9 Å². The standard InChI is InChI=1S/C22H27NO4S/c1-3-5-6-7-8-18-12-13-19(28-18)11-9-17-10-14-20(27-17)22(26)23-16(4-2)15-21(24)25/h10,12-14,16H,3-8,15H2,1-2H3,(H,23,26)(H,24,25)/t16-/m0/s1. The summed E-state index contributed by atoms with van der Waals surface area (Å²) in [5.74, 6) is 5.20. The van der Waals surface area contributed by atoms with Crippen molar-refractivity contribution in [3.8, 4) is 11.8 Å². The fourth-order valence-electron chi connectivity index (χ4n) is 2.72. The largest absolute Gasteiger partial charge is 0.481 e. The van der Waals surface area contributed by atoms with Gasteiger partial charge in [-0.1, -0.05) is 33.1 Å². The molecular formula is C22H27NO4S. The van der Waals surface area contributed by atoms with Crippen LogP contribution < -0.4 is 5.32 Å². The second kappa shape index (κ2) is 11.4. The number of hydrogen-bond donors (Lipinski definition) is 2. The van der Waals surface area contributed by atoms with Crippen molar-refractivity contribution in [2.75, 3.05) is 0 Å². The van der Waals surface area contributed by atoms with Gasteiger partial charge in [0.2, 0.25) is 0 Å². The van der Waals surface area contributed by atoms with E-state index in [1.165, 1.54) is 30.6 Å². The average Bonchev–Trinajstić information content (AvgIpc) is 3.32. The zero-order valence-electron chi connectivity index (χ0n) is 16.4. The van der Waals surface area contributed by atoms with Crippen LogP contribution in [-0.2, 0) is 11.2 Å². The summed E-state index contributed by atoms with van der Waals surface area (Å²) in [5, 5.41) is 11.5. The number of nitrogens with one attached hydrogen (secondary N) is 1. The highest BCUT2D eigenvalue weighted by atomic mass is 32.1. The molecule has 6 heteroatoms. The Hall–Kier alpha value is -2.52. The molecule has 1 amide bonds. The molecule has 0 fully saturated rings. The van der Waals surface area contributed by atoms with E-state index < -0.39 is 17.9 Å². The van der Waals surface area contributed by atoms with E-state index in [0.29, 0.717) is 12.2 Å². The fourth-order valence-corrected chi connectivity index (χ4v) is 3.62. The Kier molecular flexibility index (Phi) is 8.83. The van der Waals surface area contributed by atoms with Gasteiger partial charge in [-0.3, -0.25) is 9.59 Å². The van der Waals surface area contributed by atoms with Gasteiger partial charge in [0.15, 0.2) is 11.5 Å². The minimum absolute atomic E-state index is 0.116. The highest BCUT2D eigenvalue weighted by Crippen LogP contribution is 2.18. The molecule has 2 aromatic rings. The summed E-state index contributed by atoms with van der Waals surface area (Å²) in [6.45, 7) is 4.03. The predicted octanol–water partition coefficient (Wildman–Crippen LogP) is 4.85. The Morgan fingerprint density at radius 1 is 1.14 bits per heavy atom. The van der Waals surface area contributed by atoms with Crippen molar-refractivity contribution in [3.05, 3.63) is 45.5 Å². The monoisotopic (exact) mass is 401 g/mol. The highest BCUT2D eigenvalue weighted by Gasteiger charge is 2.17. The maximum absolute atomic E-state index is 12.2. The summed E-state index contributed by atoms with van der Waals surface area (Å²) >= 11 is 1.69. The van der Waals surface area contributed by atoms with Crippen molar-refractivity contribution < 1.29 is 19.1 Å². The second-order valence-electron chi connectivity index (χ2n) is 6.67. The minimum Gasteiger partial charge on any atom is -0.481 e. The Morgan fingerprint density at radius 2 is 1.96 bits per heavy atom. The molecule has 1 atom stereocenters. The Balaban J connectivity index is 1.92. The quantitative estimate of drug-likeness (QED) is 0.441. The topological polar surface area (TPSA) is 79.5 Å². The molecule has 0 saturated carbocycles. The van der Waals surface area contributed by atoms with E-state index in [4.69, 9.17) is 9.52 Å². The smallest absolute Gasteiger partial charge is 0.305 e. The van der Waals surface area contributed by atoms with E-state index in [2.05, 4.69) is 30.1 Å². The Morgan fingerprint density at radius 3 is 2.68 bits per heavy atom. The third-order valence-corrected chi connectivity index (χ3v) is 5.39. The number of carbonyl (C=O) groups excluding carboxylic acids is 1. The van der Waals surface area contributed by atoms with E-state index in [1.807, 2.05) is 13.0 Å². The number of rotatable bonds is 10. The lowest BCUT2D eigenvalue weighted by Crippen LogP contribution is -2.35. The van der Waals surface area contributed by atoms with E-state index >= 15 is 0 Å². The number of carbonyl (C=O) groups is 2. The summed E-state index contributed by atoms with van der Waals surface area (Å²) in [7, 11) is 0. The first kappa shape index (κ1) is 21.8. The van der Waals surface area contributed by atoms with Crippen molar-refractivity contribution in [2.24, 2.45) is 0 Å². The molecule has 0 unspecified atom stereocenters. The molecule has 0 saturated heterocycles. The second-order valence-corrected chi connectivity index (χ2v) is 7.84. The molecule has 28 heavy (non-hydrogen) atoms. The zero-order valence-corrected chi connectivity index (χ0v) is 17.2. The van der Waals surface area contributed by atoms with E-state index in [1.54, 1.807) is 23.5 Å². The molecule has 2 N–H and O–H groups in total. The average molecular weight is 402 g/mol. The van der Waals surface area contributed by atoms with Crippen LogP contribution in [0.1, 0.15) is 78.4 Å². The molecule has 0 aliphatic carbocycles. The number of hydrogen-bond acceptors (Lipinski definition) is 4. The SMILES string of the molecule is CCCCCCc1ccc(C#Cc2ccc(C(=O)N[C@@H](CC)CC(=O)O)o2)s1. The van der Waals surface area contributed by atoms with Gasteiger partial charge in [-0.2, -0.15) is 0 Å². The first-order valence-electron chi connectivity index (χ1n) is 9.75. The van der Waals surface area contributed by atoms with Gasteiger partial charge in [-0.05, 0) is 55.4 Å². The molecular weight excluding hydrogens is 374 g/mol. The predicted molar refractivity (Wildman–Crippen MR) is 111 cm³/mol. The lowest BCUT2D eigenvalue weighted by Gasteiger charge is -2.13. The van der Waals surface area contributed by atoms with E-state index in [0.717, 1.165) is 11.3 Å². The van der Waals surface area contributed by atoms with Crippen molar-refractivity contribution in [1.82, 2.24) is 5.32 Å². The first-order chi connectivity index (χ1) is 13.5. The molecule has 2 aromatic heterocycles. The van der Waals surface area contributed by atoms with Crippen LogP contribution in [0.2, 0.25) is 0 Å². The van der Waals surface area contributed by atoms with Crippen molar-refractivity contribution in [1.29, 1.82) is 0 Å². The van der Waals surface area contributed by atoms with E-state index in [9.17, 15) is 9.59 Å². The summed E-state index contributed by atoms with van der Waals surface area (Å²) < 4.78 is 5.49. The third kappa shape index (κ3) is 7.24. The first-order valence-corrected chi connectivity index (χ1v) is 10.6. The number of aryl methyl sites for hydroxylation is 1. The molecule has 2 heterocycles.